The fourth-order valence-electron chi connectivity index (χ4n) is 3.79. The van der Waals surface area contributed by atoms with Crippen molar-refractivity contribution in [3.8, 4) is 5.95 Å². The number of methoxy groups -OCH3 is 1. The van der Waals surface area contributed by atoms with E-state index in [1.807, 2.05) is 17.1 Å². The lowest BCUT2D eigenvalue weighted by molar-refractivity contribution is -0.0396. The van der Waals surface area contributed by atoms with E-state index in [2.05, 4.69) is 64.1 Å². The lowest BCUT2D eigenvalue weighted by Gasteiger charge is -2.41. The summed E-state index contributed by atoms with van der Waals surface area (Å²) in [6.07, 6.45) is -0.798. The van der Waals surface area contributed by atoms with E-state index in [1.165, 1.54) is 0 Å². The number of hydrogen-bond donors (Lipinski definition) is 1. The van der Waals surface area contributed by atoms with Gasteiger partial charge in [0.1, 0.15) is 18.7 Å². The monoisotopic (exact) mass is 510 g/mol. The minimum atomic E-state index is -2.18. The summed E-state index contributed by atoms with van der Waals surface area (Å²) in [6.45, 7) is 15.8. The van der Waals surface area contributed by atoms with Crippen LogP contribution in [0.5, 0.6) is 5.95 Å². The van der Waals surface area contributed by atoms with Crippen LogP contribution in [0.3, 0.4) is 0 Å². The number of furan rings is 1. The van der Waals surface area contributed by atoms with Crippen LogP contribution in [0.2, 0.25) is 16.6 Å². The van der Waals surface area contributed by atoms with E-state index in [4.69, 9.17) is 18.3 Å². The van der Waals surface area contributed by atoms with E-state index in [1.54, 1.807) is 7.11 Å². The molecule has 1 aromatic rings. The quantitative estimate of drug-likeness (QED) is 0.163. The van der Waals surface area contributed by atoms with Crippen LogP contribution in [0, 0.1) is 0 Å². The summed E-state index contributed by atoms with van der Waals surface area (Å²) >= 11 is 2.12. The Morgan fingerprint density at radius 1 is 1.19 bits per heavy atom. The van der Waals surface area contributed by atoms with Crippen molar-refractivity contribution in [1.82, 2.24) is 0 Å². The Labute approximate surface area is 178 Å². The molecule has 27 heavy (non-hydrogen) atoms. The van der Waals surface area contributed by atoms with Crippen molar-refractivity contribution in [2.24, 2.45) is 0 Å². The van der Waals surface area contributed by atoms with Gasteiger partial charge in [-0.3, -0.25) is 0 Å². The topological polar surface area (TPSA) is 61.1 Å². The van der Waals surface area contributed by atoms with Gasteiger partial charge in [-0.2, -0.15) is 0 Å². The fraction of sp³-hybridized carbons (Fsp3) is 0.700. The van der Waals surface area contributed by atoms with Crippen molar-refractivity contribution in [2.75, 3.05) is 13.9 Å². The molecule has 0 aromatic carbocycles. The number of aliphatic hydroxyl groups is 1. The molecule has 1 aromatic heterocycles. The van der Waals surface area contributed by atoms with E-state index >= 15 is 0 Å². The highest BCUT2D eigenvalue weighted by Crippen LogP contribution is 2.44. The molecule has 0 amide bonds. The number of rotatable bonds is 11. The van der Waals surface area contributed by atoms with E-state index in [0.717, 1.165) is 11.1 Å². The Morgan fingerprint density at radius 3 is 2.19 bits per heavy atom. The summed E-state index contributed by atoms with van der Waals surface area (Å²) in [5, 5.41) is 10.5. The summed E-state index contributed by atoms with van der Waals surface area (Å²) in [6, 6.07) is 1.83. The van der Waals surface area contributed by atoms with Crippen molar-refractivity contribution in [2.45, 2.75) is 77.8 Å². The lowest BCUT2D eigenvalue weighted by Crippen LogP contribution is -2.50. The van der Waals surface area contributed by atoms with Gasteiger partial charge in [0, 0.05) is 7.11 Å². The average molecular weight is 510 g/mol. The standard InChI is InChI=1S/C20H35IO5Si/c1-13(2)27(14(3)4,15(5)6)26-20-17(11-24-12-23-8)9-18(25-20)19(22)16(7)10-21/h9-10,13-15,19,22H,11-12H2,1-8H3/b16-10-. The molecular weight excluding hydrogens is 475 g/mol. The molecule has 1 unspecified atom stereocenters. The molecule has 0 aliphatic rings. The zero-order chi connectivity index (χ0) is 20.8. The van der Waals surface area contributed by atoms with Crippen molar-refractivity contribution in [3.63, 3.8) is 0 Å². The minimum Gasteiger partial charge on any atom is -0.518 e. The van der Waals surface area contributed by atoms with Crippen LogP contribution in [0.4, 0.5) is 0 Å². The summed E-state index contributed by atoms with van der Waals surface area (Å²) in [4.78, 5) is 0. The highest BCUT2D eigenvalue weighted by Gasteiger charge is 2.48. The van der Waals surface area contributed by atoms with Crippen LogP contribution in [-0.4, -0.2) is 27.3 Å². The third kappa shape index (κ3) is 5.82. The SMILES string of the molecule is COCOCc1cc(C(O)/C(C)=C\I)oc1O[Si](C(C)C)(C(C)C)C(C)C. The van der Waals surface area contributed by atoms with E-state index < -0.39 is 14.4 Å². The third-order valence-electron chi connectivity index (χ3n) is 5.10. The first-order valence-electron chi connectivity index (χ1n) is 9.44. The van der Waals surface area contributed by atoms with Crippen LogP contribution < -0.4 is 4.43 Å². The van der Waals surface area contributed by atoms with Crippen molar-refractivity contribution >= 4 is 30.9 Å². The van der Waals surface area contributed by atoms with Gasteiger partial charge in [-0.1, -0.05) is 64.1 Å². The van der Waals surface area contributed by atoms with Crippen molar-refractivity contribution in [3.05, 3.63) is 27.0 Å². The first kappa shape index (κ1) is 24.7. The molecule has 0 radical (unpaired) electrons. The van der Waals surface area contributed by atoms with Gasteiger partial charge in [-0.15, -0.1) is 0 Å². The normalized spacial score (nSPS) is 14.5. The predicted octanol–water partition coefficient (Wildman–Crippen LogP) is 6.33. The van der Waals surface area contributed by atoms with Crippen molar-refractivity contribution in [1.29, 1.82) is 0 Å². The van der Waals surface area contributed by atoms with Crippen LogP contribution in [0.25, 0.3) is 0 Å². The second-order valence-corrected chi connectivity index (χ2v) is 13.9. The Morgan fingerprint density at radius 2 is 1.74 bits per heavy atom. The zero-order valence-electron chi connectivity index (χ0n) is 17.8. The number of ether oxygens (including phenoxy) is 2. The summed E-state index contributed by atoms with van der Waals surface area (Å²) < 4.78 is 25.1. The smallest absolute Gasteiger partial charge is 0.276 e. The Balaban J connectivity index is 3.34. The first-order chi connectivity index (χ1) is 12.6. The number of hydrogen-bond acceptors (Lipinski definition) is 5. The van der Waals surface area contributed by atoms with Gasteiger partial charge in [0.25, 0.3) is 14.3 Å². The Kier molecular flexibility index (Phi) is 10.0. The Hall–Kier alpha value is -0.353. The number of aliphatic hydroxyl groups excluding tert-OH is 1. The maximum Gasteiger partial charge on any atom is 0.276 e. The molecule has 0 saturated carbocycles. The molecule has 7 heteroatoms. The molecule has 1 rings (SSSR count). The lowest BCUT2D eigenvalue weighted by atomic mass is 10.1. The van der Waals surface area contributed by atoms with E-state index in [-0.39, 0.29) is 6.79 Å². The minimum absolute atomic E-state index is 0.191. The molecule has 0 aliphatic heterocycles. The van der Waals surface area contributed by atoms with Gasteiger partial charge in [-0.05, 0) is 39.3 Å². The molecular formula is C20H35IO5Si. The van der Waals surface area contributed by atoms with Gasteiger partial charge in [-0.25, -0.2) is 0 Å². The fourth-order valence-corrected chi connectivity index (χ4v) is 9.33. The molecule has 0 bridgehead atoms. The highest BCUT2D eigenvalue weighted by molar-refractivity contribution is 14.1. The van der Waals surface area contributed by atoms with Gasteiger partial charge in [0.15, 0.2) is 0 Å². The molecule has 0 fully saturated rings. The number of halogens is 1. The molecule has 0 aliphatic carbocycles. The van der Waals surface area contributed by atoms with E-state index in [9.17, 15) is 5.11 Å². The molecule has 1 heterocycles. The maximum atomic E-state index is 10.5. The highest BCUT2D eigenvalue weighted by atomic mass is 127. The third-order valence-corrected chi connectivity index (χ3v) is 12.0. The molecule has 0 spiro atoms. The first-order valence-corrected chi connectivity index (χ1v) is 12.8. The summed E-state index contributed by atoms with van der Waals surface area (Å²) in [5.41, 5.74) is 2.88. The van der Waals surface area contributed by atoms with Gasteiger partial charge >= 0.3 is 0 Å². The van der Waals surface area contributed by atoms with Crippen LogP contribution in [-0.2, 0) is 16.1 Å². The largest absolute Gasteiger partial charge is 0.518 e. The Bertz CT molecular complexity index is 588. The van der Waals surface area contributed by atoms with Gasteiger partial charge in [0.2, 0.25) is 0 Å². The summed E-state index contributed by atoms with van der Waals surface area (Å²) in [5.74, 6) is 0.953. The van der Waals surface area contributed by atoms with Crippen molar-refractivity contribution < 1.29 is 23.4 Å². The van der Waals surface area contributed by atoms with Crippen LogP contribution >= 0.6 is 22.6 Å². The molecule has 1 N–H and O–H groups in total. The zero-order valence-corrected chi connectivity index (χ0v) is 21.0. The van der Waals surface area contributed by atoms with Crippen LogP contribution in [0.15, 0.2) is 20.1 Å². The van der Waals surface area contributed by atoms with Gasteiger partial charge in [0.05, 0.1) is 12.2 Å². The molecule has 5 nitrogen and oxygen atoms in total. The van der Waals surface area contributed by atoms with Gasteiger partial charge < -0.3 is 23.4 Å². The maximum absolute atomic E-state index is 10.5. The predicted molar refractivity (Wildman–Crippen MR) is 120 cm³/mol. The second kappa shape index (κ2) is 11.0. The molecule has 0 saturated heterocycles. The second-order valence-electron chi connectivity index (χ2n) is 7.89. The van der Waals surface area contributed by atoms with E-state index in [0.29, 0.717) is 34.9 Å². The van der Waals surface area contributed by atoms with Crippen LogP contribution in [0.1, 0.15) is 65.9 Å². The molecule has 156 valence electrons. The molecule has 1 atom stereocenters. The summed E-state index contributed by atoms with van der Waals surface area (Å²) in [7, 11) is -0.594. The average Bonchev–Trinajstić information content (AvgIpc) is 3.00.